The Morgan fingerprint density at radius 1 is 1.35 bits per heavy atom. The van der Waals surface area contributed by atoms with Crippen LogP contribution in [0.5, 0.6) is 5.75 Å². The van der Waals surface area contributed by atoms with Gasteiger partial charge in [0.2, 0.25) is 0 Å². The molecule has 0 saturated heterocycles. The molecule has 0 spiro atoms. The third-order valence-corrected chi connectivity index (χ3v) is 4.27. The van der Waals surface area contributed by atoms with Crippen molar-refractivity contribution in [3.63, 3.8) is 0 Å². The van der Waals surface area contributed by atoms with Gasteiger partial charge in [0.1, 0.15) is 5.75 Å². The maximum absolute atomic E-state index is 11.3. The first-order valence-corrected chi connectivity index (χ1v) is 7.66. The zero-order valence-corrected chi connectivity index (χ0v) is 12.9. The Bertz CT molecular complexity index is 433. The first-order chi connectivity index (χ1) is 9.56. The van der Waals surface area contributed by atoms with Crippen molar-refractivity contribution >= 4 is 0 Å². The lowest BCUT2D eigenvalue weighted by Crippen LogP contribution is -2.43. The van der Waals surface area contributed by atoms with Crippen LogP contribution in [0, 0.1) is 5.92 Å². The minimum atomic E-state index is -0.713. The van der Waals surface area contributed by atoms with Gasteiger partial charge in [-0.3, -0.25) is 0 Å². The van der Waals surface area contributed by atoms with E-state index in [-0.39, 0.29) is 0 Å². The highest BCUT2D eigenvalue weighted by atomic mass is 16.5. The van der Waals surface area contributed by atoms with Gasteiger partial charge in [-0.1, -0.05) is 25.0 Å². The van der Waals surface area contributed by atoms with E-state index in [0.717, 1.165) is 37.1 Å². The highest BCUT2D eigenvalue weighted by molar-refractivity contribution is 5.33. The molecule has 2 atom stereocenters. The van der Waals surface area contributed by atoms with Crippen LogP contribution in [0.25, 0.3) is 0 Å². The molecule has 1 saturated carbocycles. The summed E-state index contributed by atoms with van der Waals surface area (Å²) in [5.41, 5.74) is 0.297. The van der Waals surface area contributed by atoms with Gasteiger partial charge >= 0.3 is 0 Å². The van der Waals surface area contributed by atoms with Crippen LogP contribution in [0.2, 0.25) is 0 Å². The van der Waals surface area contributed by atoms with E-state index in [1.54, 1.807) is 0 Å². The van der Waals surface area contributed by atoms with E-state index in [1.165, 1.54) is 6.42 Å². The minimum Gasteiger partial charge on any atom is -0.494 e. The quantitative estimate of drug-likeness (QED) is 0.898. The summed E-state index contributed by atoms with van der Waals surface area (Å²) in [7, 11) is 4.15. The summed E-state index contributed by atoms with van der Waals surface area (Å²) >= 11 is 0. The normalized spacial score (nSPS) is 26.8. The van der Waals surface area contributed by atoms with Gasteiger partial charge in [-0.25, -0.2) is 0 Å². The Labute approximate surface area is 122 Å². The van der Waals surface area contributed by atoms with E-state index in [0.29, 0.717) is 12.5 Å². The van der Waals surface area contributed by atoms with Crippen LogP contribution in [0.3, 0.4) is 0 Å². The van der Waals surface area contributed by atoms with Gasteiger partial charge in [-0.2, -0.15) is 0 Å². The molecule has 20 heavy (non-hydrogen) atoms. The second kappa shape index (κ2) is 6.59. The highest BCUT2D eigenvalue weighted by Crippen LogP contribution is 2.42. The molecule has 0 aliphatic heterocycles. The van der Waals surface area contributed by atoms with Crippen LogP contribution in [0.4, 0.5) is 0 Å². The lowest BCUT2D eigenvalue weighted by Gasteiger charge is -2.41. The number of rotatable bonds is 5. The third kappa shape index (κ3) is 3.33. The molecular formula is C17H27NO2. The summed E-state index contributed by atoms with van der Waals surface area (Å²) in [5.74, 6) is 1.15. The number of hydrogen-bond donors (Lipinski definition) is 1. The summed E-state index contributed by atoms with van der Waals surface area (Å²) < 4.78 is 5.58. The van der Waals surface area contributed by atoms with Crippen LogP contribution >= 0.6 is 0 Å². The molecule has 0 radical (unpaired) electrons. The molecule has 0 aromatic heterocycles. The molecular weight excluding hydrogens is 250 g/mol. The fourth-order valence-electron chi connectivity index (χ4n) is 3.31. The molecule has 0 bridgehead atoms. The van der Waals surface area contributed by atoms with Crippen molar-refractivity contribution in [2.24, 2.45) is 5.92 Å². The van der Waals surface area contributed by atoms with E-state index in [4.69, 9.17) is 4.74 Å². The average molecular weight is 277 g/mol. The minimum absolute atomic E-state index is 0.295. The summed E-state index contributed by atoms with van der Waals surface area (Å²) in [6.07, 6.45) is 4.25. The summed E-state index contributed by atoms with van der Waals surface area (Å²) in [4.78, 5) is 2.17. The molecule has 1 aliphatic carbocycles. The lowest BCUT2D eigenvalue weighted by atomic mass is 9.71. The SMILES string of the molecule is CCOc1cccc([C@]2(O)CCCC[C@H]2CN(C)C)c1. The Hall–Kier alpha value is -1.06. The van der Waals surface area contributed by atoms with Crippen LogP contribution in [-0.4, -0.2) is 37.3 Å². The molecule has 0 unspecified atom stereocenters. The van der Waals surface area contributed by atoms with E-state index >= 15 is 0 Å². The molecule has 0 amide bonds. The number of hydrogen-bond acceptors (Lipinski definition) is 3. The average Bonchev–Trinajstić information content (AvgIpc) is 2.42. The first kappa shape index (κ1) is 15.3. The van der Waals surface area contributed by atoms with Gasteiger partial charge < -0.3 is 14.7 Å². The van der Waals surface area contributed by atoms with Crippen molar-refractivity contribution in [1.82, 2.24) is 4.90 Å². The van der Waals surface area contributed by atoms with E-state index in [2.05, 4.69) is 19.0 Å². The monoisotopic (exact) mass is 277 g/mol. The topological polar surface area (TPSA) is 32.7 Å². The molecule has 1 aromatic rings. The lowest BCUT2D eigenvalue weighted by molar-refractivity contribution is -0.0619. The van der Waals surface area contributed by atoms with Crippen LogP contribution < -0.4 is 4.74 Å². The highest BCUT2D eigenvalue weighted by Gasteiger charge is 2.40. The largest absolute Gasteiger partial charge is 0.494 e. The Kier molecular flexibility index (Phi) is 5.06. The summed E-state index contributed by atoms with van der Waals surface area (Å²) in [6, 6.07) is 7.99. The van der Waals surface area contributed by atoms with Crippen molar-refractivity contribution in [2.75, 3.05) is 27.2 Å². The van der Waals surface area contributed by atoms with Crippen LogP contribution in [0.1, 0.15) is 38.2 Å². The first-order valence-electron chi connectivity index (χ1n) is 7.66. The van der Waals surface area contributed by atoms with Gasteiger partial charge in [0.05, 0.1) is 12.2 Å². The maximum atomic E-state index is 11.3. The van der Waals surface area contributed by atoms with Gasteiger partial charge in [-0.05, 0) is 51.6 Å². The summed E-state index contributed by atoms with van der Waals surface area (Å²) in [5, 5.41) is 11.3. The molecule has 2 rings (SSSR count). The number of ether oxygens (including phenoxy) is 1. The van der Waals surface area contributed by atoms with Crippen molar-refractivity contribution in [3.05, 3.63) is 29.8 Å². The standard InChI is InChI=1S/C17H27NO2/c1-4-20-16-10-7-9-14(12-16)17(19)11-6-5-8-15(17)13-18(2)3/h7,9-10,12,15,19H,4-6,8,11,13H2,1-3H3/t15-,17+/m0/s1. The maximum Gasteiger partial charge on any atom is 0.119 e. The molecule has 1 N–H and O–H groups in total. The Morgan fingerprint density at radius 3 is 2.85 bits per heavy atom. The van der Waals surface area contributed by atoms with Gasteiger partial charge in [0.25, 0.3) is 0 Å². The zero-order valence-electron chi connectivity index (χ0n) is 12.9. The van der Waals surface area contributed by atoms with Crippen molar-refractivity contribution in [2.45, 2.75) is 38.2 Å². The molecule has 1 fully saturated rings. The van der Waals surface area contributed by atoms with Gasteiger partial charge in [0, 0.05) is 12.5 Å². The number of benzene rings is 1. The van der Waals surface area contributed by atoms with Gasteiger partial charge in [-0.15, -0.1) is 0 Å². The summed E-state index contributed by atoms with van der Waals surface area (Å²) in [6.45, 7) is 3.56. The Morgan fingerprint density at radius 2 is 2.15 bits per heavy atom. The van der Waals surface area contributed by atoms with E-state index < -0.39 is 5.60 Å². The Balaban J connectivity index is 2.27. The van der Waals surface area contributed by atoms with Crippen LogP contribution in [-0.2, 0) is 5.60 Å². The fourth-order valence-corrected chi connectivity index (χ4v) is 3.31. The molecule has 3 heteroatoms. The smallest absolute Gasteiger partial charge is 0.119 e. The molecule has 1 aliphatic rings. The number of nitrogens with zero attached hydrogens (tertiary/aromatic N) is 1. The van der Waals surface area contributed by atoms with Gasteiger partial charge in [0.15, 0.2) is 0 Å². The molecule has 3 nitrogen and oxygen atoms in total. The second-order valence-corrected chi connectivity index (χ2v) is 6.09. The van der Waals surface area contributed by atoms with E-state index in [9.17, 15) is 5.11 Å². The molecule has 112 valence electrons. The van der Waals surface area contributed by atoms with Crippen molar-refractivity contribution in [1.29, 1.82) is 0 Å². The van der Waals surface area contributed by atoms with Crippen molar-refractivity contribution < 1.29 is 9.84 Å². The molecule has 1 aromatic carbocycles. The molecule has 0 heterocycles. The van der Waals surface area contributed by atoms with E-state index in [1.807, 2.05) is 31.2 Å². The zero-order chi connectivity index (χ0) is 14.6. The second-order valence-electron chi connectivity index (χ2n) is 6.09. The van der Waals surface area contributed by atoms with Crippen LogP contribution in [0.15, 0.2) is 24.3 Å². The predicted molar refractivity (Wildman–Crippen MR) is 82.0 cm³/mol. The third-order valence-electron chi connectivity index (χ3n) is 4.27. The fraction of sp³-hybridized carbons (Fsp3) is 0.647. The predicted octanol–water partition coefficient (Wildman–Crippen LogP) is 3.02. The van der Waals surface area contributed by atoms with Crippen molar-refractivity contribution in [3.8, 4) is 5.75 Å². The number of aliphatic hydroxyl groups is 1.